The third kappa shape index (κ3) is 2.56. The Morgan fingerprint density at radius 3 is 2.38 bits per heavy atom. The molecule has 0 bridgehead atoms. The standard InChI is InChI=1S/C18H16INO3Se/c19-18(24(22)14-9-5-2-6-10-14)11-16-20(17(18)21)15(12-23-16)13-7-3-1-4-8-13/h1-10,15-16H,11-12H2/t15-,16-,18+,24?/m1/s1. The van der Waals surface area contributed by atoms with Gasteiger partial charge in [-0.1, -0.05) is 0 Å². The van der Waals surface area contributed by atoms with Crippen LogP contribution in [0, 0.1) is 0 Å². The number of hydrogen-bond donors (Lipinski definition) is 0. The van der Waals surface area contributed by atoms with Crippen molar-refractivity contribution in [2.45, 2.75) is 21.0 Å². The Hall–Kier alpha value is -1.08. The fraction of sp³-hybridized carbons (Fsp3) is 0.278. The van der Waals surface area contributed by atoms with Gasteiger partial charge >= 0.3 is 159 Å². The molecule has 1 unspecified atom stereocenters. The van der Waals surface area contributed by atoms with Crippen LogP contribution in [-0.4, -0.2) is 39.8 Å². The molecule has 0 saturated carbocycles. The first-order chi connectivity index (χ1) is 11.6. The fourth-order valence-electron chi connectivity index (χ4n) is 3.32. The molecule has 24 heavy (non-hydrogen) atoms. The average molecular weight is 500 g/mol. The number of fused-ring (bicyclic) bond motifs is 1. The molecule has 2 aromatic rings. The van der Waals surface area contributed by atoms with Crippen LogP contribution in [0.15, 0.2) is 60.7 Å². The predicted octanol–water partition coefficient (Wildman–Crippen LogP) is 2.36. The molecule has 6 heteroatoms. The summed E-state index contributed by atoms with van der Waals surface area (Å²) >= 11 is -0.429. The zero-order valence-electron chi connectivity index (χ0n) is 12.8. The van der Waals surface area contributed by atoms with Crippen LogP contribution in [0.4, 0.5) is 0 Å². The van der Waals surface area contributed by atoms with Crippen LogP contribution in [0.3, 0.4) is 0 Å². The number of ether oxygens (including phenoxy) is 1. The molecule has 4 nitrogen and oxygen atoms in total. The van der Waals surface area contributed by atoms with E-state index in [9.17, 15) is 8.63 Å². The van der Waals surface area contributed by atoms with E-state index in [4.69, 9.17) is 4.74 Å². The van der Waals surface area contributed by atoms with Gasteiger partial charge in [0.1, 0.15) is 0 Å². The van der Waals surface area contributed by atoms with Gasteiger partial charge in [-0.25, -0.2) is 0 Å². The van der Waals surface area contributed by atoms with E-state index in [2.05, 4.69) is 22.6 Å². The van der Waals surface area contributed by atoms with Crippen molar-refractivity contribution >= 4 is 46.8 Å². The molecular weight excluding hydrogens is 484 g/mol. The number of rotatable bonds is 3. The monoisotopic (exact) mass is 501 g/mol. The molecule has 2 fully saturated rings. The Morgan fingerprint density at radius 1 is 1.08 bits per heavy atom. The summed E-state index contributed by atoms with van der Waals surface area (Å²) in [7, 11) is 0. The number of alkyl halides is 1. The normalized spacial score (nSPS) is 30.4. The Labute approximate surface area is 158 Å². The van der Waals surface area contributed by atoms with E-state index in [1.54, 1.807) is 4.90 Å². The first kappa shape index (κ1) is 16.4. The second-order valence-corrected chi connectivity index (χ2v) is 13.0. The van der Waals surface area contributed by atoms with E-state index in [0.29, 0.717) is 13.0 Å². The molecule has 0 N–H and O–H groups in total. The fourth-order valence-corrected chi connectivity index (χ4v) is 8.09. The van der Waals surface area contributed by atoms with Crippen molar-refractivity contribution < 1.29 is 13.4 Å². The average Bonchev–Trinajstić information content (AvgIpc) is 3.15. The molecule has 0 radical (unpaired) electrons. The molecule has 2 aliphatic heterocycles. The van der Waals surface area contributed by atoms with Crippen molar-refractivity contribution in [1.82, 2.24) is 4.90 Å². The first-order valence-corrected chi connectivity index (χ1v) is 11.3. The number of halogens is 1. The molecule has 0 aliphatic carbocycles. The molecule has 4 rings (SSSR count). The van der Waals surface area contributed by atoms with Gasteiger partial charge in [-0.15, -0.1) is 0 Å². The van der Waals surface area contributed by atoms with Crippen LogP contribution in [0.25, 0.3) is 0 Å². The summed E-state index contributed by atoms with van der Waals surface area (Å²) in [5.41, 5.74) is 1.07. The molecule has 0 spiro atoms. The number of carbonyl (C=O) groups excluding carboxylic acids is 1. The maximum atomic E-state index is 13.2. The van der Waals surface area contributed by atoms with Crippen molar-refractivity contribution in [3.63, 3.8) is 0 Å². The molecule has 0 aromatic heterocycles. The molecule has 124 valence electrons. The Bertz CT molecular complexity index is 785. The van der Waals surface area contributed by atoms with Gasteiger partial charge in [0.05, 0.1) is 0 Å². The summed E-state index contributed by atoms with van der Waals surface area (Å²) in [6, 6.07) is 19.2. The minimum absolute atomic E-state index is 0.0525. The molecule has 2 aromatic carbocycles. The zero-order valence-corrected chi connectivity index (χ0v) is 16.7. The Kier molecular flexibility index (Phi) is 4.33. The molecular formula is C18H16INO3Se. The van der Waals surface area contributed by atoms with Gasteiger partial charge in [0, 0.05) is 0 Å². The predicted molar refractivity (Wildman–Crippen MR) is 99.7 cm³/mol. The number of amides is 1. The van der Waals surface area contributed by atoms with Crippen LogP contribution in [0.5, 0.6) is 0 Å². The van der Waals surface area contributed by atoms with Crippen molar-refractivity contribution in [1.29, 1.82) is 0 Å². The quantitative estimate of drug-likeness (QED) is 0.370. The summed E-state index contributed by atoms with van der Waals surface area (Å²) in [5, 5.41) is 0. The third-order valence-electron chi connectivity index (χ3n) is 4.52. The molecule has 2 heterocycles. The third-order valence-corrected chi connectivity index (χ3v) is 10.9. The maximum absolute atomic E-state index is 13.2. The van der Waals surface area contributed by atoms with Gasteiger partial charge in [-0.2, -0.15) is 0 Å². The van der Waals surface area contributed by atoms with Crippen LogP contribution >= 0.6 is 22.6 Å². The summed E-state index contributed by atoms with van der Waals surface area (Å²) in [5.74, 6) is -0.0525. The second kappa shape index (κ2) is 6.33. The SMILES string of the molecule is O=C1N2[C@@H](c3ccccc3)CO[C@@H]2C[C@]1(I)[Se](=O)c1ccccc1. The summed E-state index contributed by atoms with van der Waals surface area (Å²) in [6.45, 7) is 0.502. The van der Waals surface area contributed by atoms with E-state index >= 15 is 0 Å². The van der Waals surface area contributed by atoms with Gasteiger partial charge in [-0.05, 0) is 0 Å². The molecule has 2 aliphatic rings. The van der Waals surface area contributed by atoms with Gasteiger partial charge in [0.15, 0.2) is 0 Å². The van der Waals surface area contributed by atoms with Gasteiger partial charge in [0.25, 0.3) is 0 Å². The van der Waals surface area contributed by atoms with E-state index in [-0.39, 0.29) is 18.2 Å². The summed E-state index contributed by atoms with van der Waals surface area (Å²) in [4.78, 5) is 15.0. The van der Waals surface area contributed by atoms with Crippen LogP contribution in [-0.2, 0) is 13.4 Å². The van der Waals surface area contributed by atoms with Crippen LogP contribution in [0.2, 0.25) is 0 Å². The Balaban J connectivity index is 1.66. The van der Waals surface area contributed by atoms with Crippen molar-refractivity contribution in [3.8, 4) is 0 Å². The van der Waals surface area contributed by atoms with Gasteiger partial charge in [0.2, 0.25) is 0 Å². The van der Waals surface area contributed by atoms with Crippen LogP contribution < -0.4 is 4.46 Å². The van der Waals surface area contributed by atoms with Crippen molar-refractivity contribution in [2.75, 3.05) is 6.61 Å². The van der Waals surface area contributed by atoms with Crippen LogP contribution in [0.1, 0.15) is 18.0 Å². The van der Waals surface area contributed by atoms with E-state index in [1.807, 2.05) is 60.7 Å². The minimum atomic E-state index is -2.54. The number of hydrogen-bond acceptors (Lipinski definition) is 3. The summed E-state index contributed by atoms with van der Waals surface area (Å²) in [6.07, 6.45) is 0.210. The van der Waals surface area contributed by atoms with Gasteiger partial charge < -0.3 is 0 Å². The molecule has 1 amide bonds. The number of carbonyl (C=O) groups is 1. The first-order valence-electron chi connectivity index (χ1n) is 7.76. The molecule has 2 saturated heterocycles. The van der Waals surface area contributed by atoms with E-state index < -0.39 is 16.2 Å². The van der Waals surface area contributed by atoms with E-state index in [0.717, 1.165) is 10.0 Å². The summed E-state index contributed by atoms with van der Waals surface area (Å²) < 4.78 is 18.9. The Morgan fingerprint density at radius 2 is 1.71 bits per heavy atom. The number of nitrogens with zero attached hydrogens (tertiary/aromatic N) is 1. The van der Waals surface area contributed by atoms with Crippen molar-refractivity contribution in [2.24, 2.45) is 0 Å². The molecule has 4 atom stereocenters. The number of benzene rings is 2. The zero-order chi connectivity index (χ0) is 16.7. The van der Waals surface area contributed by atoms with Crippen molar-refractivity contribution in [3.05, 3.63) is 66.2 Å². The van der Waals surface area contributed by atoms with Gasteiger partial charge in [-0.3, -0.25) is 0 Å². The second-order valence-electron chi connectivity index (χ2n) is 5.94. The topological polar surface area (TPSA) is 46.6 Å². The van der Waals surface area contributed by atoms with E-state index in [1.165, 1.54) is 0 Å².